The standard InChI is InChI=1S/C15H20N2OS/c1-10-6-7-17(11(2)8-10)15(18)13-5-3-4-12(9-13)14(16)19/h3-5,9-11H,6-8H2,1-2H3,(H2,16,19). The van der Waals surface area contributed by atoms with Gasteiger partial charge in [0.15, 0.2) is 0 Å². The predicted octanol–water partition coefficient (Wildman–Crippen LogP) is 2.58. The minimum absolute atomic E-state index is 0.0810. The Balaban J connectivity index is 2.19. The molecule has 1 aliphatic heterocycles. The average molecular weight is 276 g/mol. The van der Waals surface area contributed by atoms with E-state index in [1.165, 1.54) is 0 Å². The molecule has 1 amide bonds. The van der Waals surface area contributed by atoms with Gasteiger partial charge >= 0.3 is 0 Å². The molecule has 0 bridgehead atoms. The van der Waals surface area contributed by atoms with Crippen LogP contribution in [0, 0.1) is 5.92 Å². The summed E-state index contributed by atoms with van der Waals surface area (Å²) in [5.41, 5.74) is 7.04. The monoisotopic (exact) mass is 276 g/mol. The first-order chi connectivity index (χ1) is 8.99. The molecule has 1 saturated heterocycles. The maximum absolute atomic E-state index is 12.5. The minimum Gasteiger partial charge on any atom is -0.389 e. The lowest BCUT2D eigenvalue weighted by atomic mass is 9.93. The second-order valence-corrected chi connectivity index (χ2v) is 5.86. The molecule has 19 heavy (non-hydrogen) atoms. The van der Waals surface area contributed by atoms with Gasteiger partial charge in [0.05, 0.1) is 0 Å². The maximum Gasteiger partial charge on any atom is 0.254 e. The summed E-state index contributed by atoms with van der Waals surface area (Å²) in [5.74, 6) is 0.777. The molecule has 2 N–H and O–H groups in total. The topological polar surface area (TPSA) is 46.3 Å². The van der Waals surface area contributed by atoms with Crippen molar-refractivity contribution < 1.29 is 4.79 Å². The van der Waals surface area contributed by atoms with Gasteiger partial charge in [-0.15, -0.1) is 0 Å². The summed E-state index contributed by atoms with van der Waals surface area (Å²) in [7, 11) is 0. The van der Waals surface area contributed by atoms with Gasteiger partial charge in [0.2, 0.25) is 0 Å². The molecular formula is C15H20N2OS. The highest BCUT2D eigenvalue weighted by molar-refractivity contribution is 7.80. The second kappa shape index (κ2) is 5.70. The first-order valence-electron chi connectivity index (χ1n) is 6.70. The molecule has 3 nitrogen and oxygen atoms in total. The molecule has 2 unspecified atom stereocenters. The molecule has 0 aliphatic carbocycles. The van der Waals surface area contributed by atoms with Crippen LogP contribution in [-0.4, -0.2) is 28.4 Å². The SMILES string of the molecule is CC1CCN(C(=O)c2cccc(C(N)=S)c2)C(C)C1. The molecule has 0 radical (unpaired) electrons. The number of likely N-dealkylation sites (tertiary alicyclic amines) is 1. The van der Waals surface area contributed by atoms with Gasteiger partial charge in [-0.05, 0) is 37.8 Å². The van der Waals surface area contributed by atoms with Crippen LogP contribution in [-0.2, 0) is 0 Å². The number of amides is 1. The Morgan fingerprint density at radius 3 is 2.68 bits per heavy atom. The number of nitrogens with zero attached hydrogens (tertiary/aromatic N) is 1. The van der Waals surface area contributed by atoms with Gasteiger partial charge in [-0.2, -0.15) is 0 Å². The van der Waals surface area contributed by atoms with E-state index in [1.807, 2.05) is 23.1 Å². The molecule has 1 aliphatic rings. The lowest BCUT2D eigenvalue weighted by Gasteiger charge is -2.36. The van der Waals surface area contributed by atoms with Crippen LogP contribution < -0.4 is 5.73 Å². The van der Waals surface area contributed by atoms with Crippen LogP contribution in [0.3, 0.4) is 0 Å². The van der Waals surface area contributed by atoms with Gasteiger partial charge in [-0.25, -0.2) is 0 Å². The molecule has 0 spiro atoms. The highest BCUT2D eigenvalue weighted by Gasteiger charge is 2.27. The molecular weight excluding hydrogens is 256 g/mol. The van der Waals surface area contributed by atoms with Crippen LogP contribution in [0.5, 0.6) is 0 Å². The van der Waals surface area contributed by atoms with E-state index >= 15 is 0 Å². The molecule has 1 aromatic rings. The molecule has 2 atom stereocenters. The van der Waals surface area contributed by atoms with E-state index in [9.17, 15) is 4.79 Å². The number of thiocarbonyl (C=S) groups is 1. The van der Waals surface area contributed by atoms with Crippen molar-refractivity contribution in [3.05, 3.63) is 35.4 Å². The smallest absolute Gasteiger partial charge is 0.254 e. The van der Waals surface area contributed by atoms with Crippen molar-refractivity contribution in [2.24, 2.45) is 11.7 Å². The van der Waals surface area contributed by atoms with Crippen molar-refractivity contribution in [2.75, 3.05) is 6.54 Å². The summed E-state index contributed by atoms with van der Waals surface area (Å²) in [4.78, 5) is 14.8. The van der Waals surface area contributed by atoms with Crippen molar-refractivity contribution in [3.63, 3.8) is 0 Å². The minimum atomic E-state index is 0.0810. The normalized spacial score (nSPS) is 23.2. The zero-order chi connectivity index (χ0) is 14.0. The third-order valence-corrected chi connectivity index (χ3v) is 4.03. The van der Waals surface area contributed by atoms with Gasteiger partial charge in [0.25, 0.3) is 5.91 Å². The van der Waals surface area contributed by atoms with Crippen LogP contribution in [0.25, 0.3) is 0 Å². The Kier molecular flexibility index (Phi) is 4.20. The highest BCUT2D eigenvalue weighted by atomic mass is 32.1. The van der Waals surface area contributed by atoms with Gasteiger partial charge in [0, 0.05) is 23.7 Å². The highest BCUT2D eigenvalue weighted by Crippen LogP contribution is 2.24. The Morgan fingerprint density at radius 2 is 2.05 bits per heavy atom. The summed E-state index contributed by atoms with van der Waals surface area (Å²) in [6.45, 7) is 5.19. The van der Waals surface area contributed by atoms with E-state index in [0.29, 0.717) is 22.5 Å². The molecule has 1 aromatic carbocycles. The third kappa shape index (κ3) is 3.13. The van der Waals surface area contributed by atoms with Crippen LogP contribution in [0.4, 0.5) is 0 Å². The third-order valence-electron chi connectivity index (χ3n) is 3.79. The summed E-state index contributed by atoms with van der Waals surface area (Å²) in [5, 5.41) is 0. The zero-order valence-corrected chi connectivity index (χ0v) is 12.2. The van der Waals surface area contributed by atoms with Crippen LogP contribution in [0.15, 0.2) is 24.3 Å². The lowest BCUT2D eigenvalue weighted by Crippen LogP contribution is -2.44. The zero-order valence-electron chi connectivity index (χ0n) is 11.4. The molecule has 2 rings (SSSR count). The van der Waals surface area contributed by atoms with Crippen molar-refractivity contribution in [3.8, 4) is 0 Å². The summed E-state index contributed by atoms with van der Waals surface area (Å²) < 4.78 is 0. The quantitative estimate of drug-likeness (QED) is 0.845. The summed E-state index contributed by atoms with van der Waals surface area (Å²) in [6, 6.07) is 7.58. The number of rotatable bonds is 2. The molecule has 102 valence electrons. The largest absolute Gasteiger partial charge is 0.389 e. The van der Waals surface area contributed by atoms with Crippen LogP contribution >= 0.6 is 12.2 Å². The number of hydrogen-bond donors (Lipinski definition) is 1. The fourth-order valence-electron chi connectivity index (χ4n) is 2.68. The Bertz CT molecular complexity index is 501. The molecule has 1 fully saturated rings. The van der Waals surface area contributed by atoms with Crippen LogP contribution in [0.1, 0.15) is 42.6 Å². The lowest BCUT2D eigenvalue weighted by molar-refractivity contribution is 0.0588. The van der Waals surface area contributed by atoms with E-state index in [-0.39, 0.29) is 5.91 Å². The van der Waals surface area contributed by atoms with E-state index in [1.54, 1.807) is 6.07 Å². The summed E-state index contributed by atoms with van der Waals surface area (Å²) in [6.07, 6.45) is 2.14. The van der Waals surface area contributed by atoms with E-state index in [2.05, 4.69) is 13.8 Å². The Hall–Kier alpha value is -1.42. The van der Waals surface area contributed by atoms with Crippen molar-refractivity contribution in [1.82, 2.24) is 4.90 Å². The number of benzene rings is 1. The molecule has 1 heterocycles. The van der Waals surface area contributed by atoms with Gasteiger partial charge in [-0.1, -0.05) is 31.3 Å². The summed E-state index contributed by atoms with van der Waals surface area (Å²) >= 11 is 4.96. The Labute approximate surface area is 119 Å². The van der Waals surface area contributed by atoms with Crippen molar-refractivity contribution >= 4 is 23.1 Å². The number of carbonyl (C=O) groups excluding carboxylic acids is 1. The average Bonchev–Trinajstić information content (AvgIpc) is 2.38. The first-order valence-corrected chi connectivity index (χ1v) is 7.10. The fraction of sp³-hybridized carbons (Fsp3) is 0.467. The van der Waals surface area contributed by atoms with Gasteiger partial charge in [0.1, 0.15) is 4.99 Å². The van der Waals surface area contributed by atoms with E-state index in [0.717, 1.165) is 24.9 Å². The van der Waals surface area contributed by atoms with Crippen molar-refractivity contribution in [1.29, 1.82) is 0 Å². The molecule has 0 aromatic heterocycles. The fourth-order valence-corrected chi connectivity index (χ4v) is 2.81. The number of hydrogen-bond acceptors (Lipinski definition) is 2. The first kappa shape index (κ1) is 14.0. The number of piperidine rings is 1. The van der Waals surface area contributed by atoms with Crippen LogP contribution in [0.2, 0.25) is 0 Å². The number of carbonyl (C=O) groups is 1. The van der Waals surface area contributed by atoms with Gasteiger partial charge < -0.3 is 10.6 Å². The van der Waals surface area contributed by atoms with E-state index in [4.69, 9.17) is 18.0 Å². The van der Waals surface area contributed by atoms with Crippen molar-refractivity contribution in [2.45, 2.75) is 32.7 Å². The Morgan fingerprint density at radius 1 is 1.37 bits per heavy atom. The van der Waals surface area contributed by atoms with E-state index < -0.39 is 0 Å². The molecule has 0 saturated carbocycles. The molecule has 4 heteroatoms. The maximum atomic E-state index is 12.5. The van der Waals surface area contributed by atoms with Gasteiger partial charge in [-0.3, -0.25) is 4.79 Å². The number of nitrogens with two attached hydrogens (primary N) is 1. The predicted molar refractivity (Wildman–Crippen MR) is 81.2 cm³/mol. The second-order valence-electron chi connectivity index (χ2n) is 5.42.